The van der Waals surface area contributed by atoms with Crippen LogP contribution < -0.4 is 0 Å². The molecular weight excluding hydrogens is 178 g/mol. The second kappa shape index (κ2) is 3.45. The lowest BCUT2D eigenvalue weighted by Crippen LogP contribution is -2.18. The Labute approximate surface area is 83.4 Å². The van der Waals surface area contributed by atoms with Crippen molar-refractivity contribution in [2.75, 3.05) is 0 Å². The van der Waals surface area contributed by atoms with E-state index in [1.54, 1.807) is 0 Å². The summed E-state index contributed by atoms with van der Waals surface area (Å²) in [6.07, 6.45) is 2.69. The van der Waals surface area contributed by atoms with Crippen molar-refractivity contribution in [1.29, 1.82) is 5.26 Å². The molecule has 14 heavy (non-hydrogen) atoms. The molecule has 0 aromatic heterocycles. The summed E-state index contributed by atoms with van der Waals surface area (Å²) in [7, 11) is 0. The number of nitriles is 1. The van der Waals surface area contributed by atoms with Gasteiger partial charge in [0.2, 0.25) is 0 Å². The lowest BCUT2D eigenvalue weighted by molar-refractivity contribution is -0.116. The second-order valence-corrected chi connectivity index (χ2v) is 3.92. The molecule has 0 radical (unpaired) electrons. The molecule has 0 unspecified atom stereocenters. The first-order valence-corrected chi connectivity index (χ1v) is 5.04. The van der Waals surface area contributed by atoms with Crippen molar-refractivity contribution in [3.63, 3.8) is 0 Å². The number of hydrogen-bond donors (Lipinski definition) is 0. The highest BCUT2D eigenvalue weighted by Crippen LogP contribution is 2.38. The number of Topliss-reactive ketones (excluding diaryl/α,β-unsaturated/α-hetero) is 1. The van der Waals surface area contributed by atoms with Gasteiger partial charge in [-0.1, -0.05) is 6.92 Å². The van der Waals surface area contributed by atoms with Gasteiger partial charge in [0.25, 0.3) is 0 Å². The van der Waals surface area contributed by atoms with Crippen molar-refractivity contribution in [1.82, 2.24) is 0 Å². The SMILES string of the molecule is C[C@@H]1C2=C(CCCC2=O)O[C@H]1CC#N. The van der Waals surface area contributed by atoms with Crippen LogP contribution in [0.25, 0.3) is 0 Å². The van der Waals surface area contributed by atoms with Crippen LogP contribution in [0.4, 0.5) is 0 Å². The van der Waals surface area contributed by atoms with Gasteiger partial charge in [-0.2, -0.15) is 5.26 Å². The van der Waals surface area contributed by atoms with Crippen LogP contribution in [0.3, 0.4) is 0 Å². The standard InChI is InChI=1S/C11H13NO2/c1-7-9(5-6-12)14-10-4-2-3-8(13)11(7)10/h7,9H,2-5H2,1H3/t7-,9-/m0/s1. The third-order valence-corrected chi connectivity index (χ3v) is 3.01. The van der Waals surface area contributed by atoms with E-state index in [1.807, 2.05) is 6.92 Å². The normalized spacial score (nSPS) is 31.0. The van der Waals surface area contributed by atoms with Crippen molar-refractivity contribution in [3.8, 4) is 6.07 Å². The Bertz CT molecular complexity index is 338. The van der Waals surface area contributed by atoms with Gasteiger partial charge in [-0.05, 0) is 6.42 Å². The van der Waals surface area contributed by atoms with Gasteiger partial charge in [-0.15, -0.1) is 0 Å². The molecule has 0 bridgehead atoms. The third-order valence-electron chi connectivity index (χ3n) is 3.01. The fourth-order valence-corrected chi connectivity index (χ4v) is 2.24. The largest absolute Gasteiger partial charge is 0.493 e. The van der Waals surface area contributed by atoms with E-state index in [4.69, 9.17) is 10.00 Å². The summed E-state index contributed by atoms with van der Waals surface area (Å²) in [5.41, 5.74) is 0.858. The Morgan fingerprint density at radius 3 is 3.00 bits per heavy atom. The van der Waals surface area contributed by atoms with Crippen molar-refractivity contribution in [2.45, 2.75) is 38.7 Å². The molecule has 0 fully saturated rings. The van der Waals surface area contributed by atoms with Crippen LogP contribution in [0.5, 0.6) is 0 Å². The molecule has 0 saturated carbocycles. The molecule has 1 aliphatic carbocycles. The highest BCUT2D eigenvalue weighted by molar-refractivity contribution is 5.97. The van der Waals surface area contributed by atoms with Gasteiger partial charge in [0, 0.05) is 24.3 Å². The predicted molar refractivity (Wildman–Crippen MR) is 50.2 cm³/mol. The molecule has 3 nitrogen and oxygen atoms in total. The molecule has 0 amide bonds. The van der Waals surface area contributed by atoms with E-state index in [1.165, 1.54) is 0 Å². The number of carbonyl (C=O) groups excluding carboxylic acids is 1. The maximum absolute atomic E-state index is 11.6. The maximum Gasteiger partial charge on any atom is 0.162 e. The minimum Gasteiger partial charge on any atom is -0.493 e. The Hall–Kier alpha value is -1.30. The van der Waals surface area contributed by atoms with E-state index in [0.29, 0.717) is 12.8 Å². The van der Waals surface area contributed by atoms with E-state index in [0.717, 1.165) is 24.2 Å². The van der Waals surface area contributed by atoms with E-state index < -0.39 is 0 Å². The topological polar surface area (TPSA) is 50.1 Å². The molecule has 0 saturated heterocycles. The Kier molecular flexibility index (Phi) is 2.28. The number of ketones is 1. The summed E-state index contributed by atoms with van der Waals surface area (Å²) >= 11 is 0. The molecule has 74 valence electrons. The summed E-state index contributed by atoms with van der Waals surface area (Å²) in [4.78, 5) is 11.6. The quantitative estimate of drug-likeness (QED) is 0.636. The van der Waals surface area contributed by atoms with E-state index in [2.05, 4.69) is 6.07 Å². The fourth-order valence-electron chi connectivity index (χ4n) is 2.24. The van der Waals surface area contributed by atoms with Crippen LogP contribution in [-0.4, -0.2) is 11.9 Å². The number of carbonyl (C=O) groups is 1. The molecule has 1 aliphatic heterocycles. The summed E-state index contributed by atoms with van der Waals surface area (Å²) in [6, 6.07) is 2.10. The minimum absolute atomic E-state index is 0.0907. The fraction of sp³-hybridized carbons (Fsp3) is 0.636. The molecule has 0 aromatic rings. The van der Waals surface area contributed by atoms with Crippen LogP contribution in [0.2, 0.25) is 0 Å². The van der Waals surface area contributed by atoms with Crippen molar-refractivity contribution in [3.05, 3.63) is 11.3 Å². The summed E-state index contributed by atoms with van der Waals surface area (Å²) in [5.74, 6) is 1.19. The van der Waals surface area contributed by atoms with Gasteiger partial charge >= 0.3 is 0 Å². The molecule has 0 N–H and O–H groups in total. The van der Waals surface area contributed by atoms with Crippen molar-refractivity contribution < 1.29 is 9.53 Å². The smallest absolute Gasteiger partial charge is 0.162 e. The zero-order chi connectivity index (χ0) is 10.1. The monoisotopic (exact) mass is 191 g/mol. The Balaban J connectivity index is 2.21. The average Bonchev–Trinajstić information content (AvgIpc) is 2.46. The van der Waals surface area contributed by atoms with Gasteiger partial charge in [-0.25, -0.2) is 0 Å². The lowest BCUT2D eigenvalue weighted by atomic mass is 9.87. The number of rotatable bonds is 1. The van der Waals surface area contributed by atoms with Gasteiger partial charge in [0.15, 0.2) is 5.78 Å². The maximum atomic E-state index is 11.6. The van der Waals surface area contributed by atoms with Crippen LogP contribution in [-0.2, 0) is 9.53 Å². The van der Waals surface area contributed by atoms with Crippen molar-refractivity contribution in [2.24, 2.45) is 5.92 Å². The highest BCUT2D eigenvalue weighted by Gasteiger charge is 2.38. The lowest BCUT2D eigenvalue weighted by Gasteiger charge is -2.12. The Morgan fingerprint density at radius 2 is 2.36 bits per heavy atom. The zero-order valence-electron chi connectivity index (χ0n) is 8.25. The highest BCUT2D eigenvalue weighted by atomic mass is 16.5. The molecule has 2 atom stereocenters. The van der Waals surface area contributed by atoms with Crippen LogP contribution in [0.15, 0.2) is 11.3 Å². The number of ether oxygens (including phenoxy) is 1. The van der Waals surface area contributed by atoms with Gasteiger partial charge < -0.3 is 4.74 Å². The predicted octanol–water partition coefficient (Wildman–Crippen LogP) is 1.94. The first kappa shape index (κ1) is 9.26. The van der Waals surface area contributed by atoms with Crippen LogP contribution >= 0.6 is 0 Å². The molecular formula is C11H13NO2. The van der Waals surface area contributed by atoms with E-state index in [-0.39, 0.29) is 17.8 Å². The van der Waals surface area contributed by atoms with Gasteiger partial charge in [0.05, 0.1) is 12.5 Å². The minimum atomic E-state index is -0.0907. The van der Waals surface area contributed by atoms with E-state index in [9.17, 15) is 4.79 Å². The molecule has 1 heterocycles. The van der Waals surface area contributed by atoms with Gasteiger partial charge in [-0.3, -0.25) is 4.79 Å². The third kappa shape index (κ3) is 1.31. The molecule has 0 spiro atoms. The summed E-state index contributed by atoms with van der Waals surface area (Å²) in [5, 5.41) is 8.61. The Morgan fingerprint density at radius 1 is 1.57 bits per heavy atom. The number of hydrogen-bond acceptors (Lipinski definition) is 3. The summed E-state index contributed by atoms with van der Waals surface area (Å²) in [6.45, 7) is 1.98. The average molecular weight is 191 g/mol. The van der Waals surface area contributed by atoms with Gasteiger partial charge in [0.1, 0.15) is 11.9 Å². The van der Waals surface area contributed by atoms with Crippen molar-refractivity contribution >= 4 is 5.78 Å². The number of nitrogens with zero attached hydrogens (tertiary/aromatic N) is 1. The summed E-state index contributed by atoms with van der Waals surface area (Å²) < 4.78 is 5.62. The van der Waals surface area contributed by atoms with Crippen LogP contribution in [0, 0.1) is 17.2 Å². The van der Waals surface area contributed by atoms with Crippen LogP contribution in [0.1, 0.15) is 32.6 Å². The molecule has 2 aliphatic rings. The number of allylic oxidation sites excluding steroid dienone is 1. The second-order valence-electron chi connectivity index (χ2n) is 3.92. The zero-order valence-corrected chi connectivity index (χ0v) is 8.25. The molecule has 3 heteroatoms. The van der Waals surface area contributed by atoms with E-state index >= 15 is 0 Å². The molecule has 2 rings (SSSR count). The first-order valence-electron chi connectivity index (χ1n) is 5.04. The first-order chi connectivity index (χ1) is 6.74. The molecule has 0 aromatic carbocycles.